The molecule has 1 aromatic carbocycles. The zero-order valence-electron chi connectivity index (χ0n) is 12.2. The smallest absolute Gasteiger partial charge is 0.269 e. The summed E-state index contributed by atoms with van der Waals surface area (Å²) >= 11 is 0. The molecular weight excluding hydrogens is 270 g/mol. The van der Waals surface area contributed by atoms with Gasteiger partial charge in [-0.05, 0) is 30.9 Å². The molecule has 6 nitrogen and oxygen atoms in total. The van der Waals surface area contributed by atoms with Crippen LogP contribution in [0.25, 0.3) is 0 Å². The first-order chi connectivity index (χ1) is 10.0. The molecule has 6 heteroatoms. The topological polar surface area (TPSA) is 89.5 Å². The van der Waals surface area contributed by atoms with Gasteiger partial charge >= 0.3 is 0 Å². The fourth-order valence-electron chi connectivity index (χ4n) is 3.05. The second-order valence-electron chi connectivity index (χ2n) is 5.65. The Balaban J connectivity index is 2.03. The summed E-state index contributed by atoms with van der Waals surface area (Å²) in [7, 11) is 1.74. The minimum atomic E-state index is -0.424. The molecule has 0 aromatic heterocycles. The highest BCUT2D eigenvalue weighted by atomic mass is 16.6. The molecule has 1 aliphatic carbocycles. The standard InChI is InChI=1S/C15H21N3O3/c1-17(15(19)14-7-3-5-12(14)9-16)10-11-4-2-6-13(8-11)18(20)21/h2,4,6,8,12,14H,3,5,7,9-10,16H2,1H3. The second-order valence-corrected chi connectivity index (χ2v) is 5.65. The lowest BCUT2D eigenvalue weighted by Gasteiger charge is -2.24. The Morgan fingerprint density at radius 1 is 1.48 bits per heavy atom. The van der Waals surface area contributed by atoms with Crippen molar-refractivity contribution in [2.75, 3.05) is 13.6 Å². The van der Waals surface area contributed by atoms with E-state index in [1.165, 1.54) is 12.1 Å². The molecule has 114 valence electrons. The molecule has 0 spiro atoms. The fraction of sp³-hybridized carbons (Fsp3) is 0.533. The zero-order chi connectivity index (χ0) is 15.4. The van der Waals surface area contributed by atoms with Gasteiger partial charge in [0.25, 0.3) is 5.69 Å². The van der Waals surface area contributed by atoms with Gasteiger partial charge in [0.1, 0.15) is 0 Å². The maximum atomic E-state index is 12.5. The summed E-state index contributed by atoms with van der Waals surface area (Å²) in [5.74, 6) is 0.359. The Labute approximate surface area is 124 Å². The van der Waals surface area contributed by atoms with Crippen LogP contribution in [0.4, 0.5) is 5.69 Å². The third-order valence-electron chi connectivity index (χ3n) is 4.20. The zero-order valence-corrected chi connectivity index (χ0v) is 12.2. The molecule has 21 heavy (non-hydrogen) atoms. The van der Waals surface area contributed by atoms with Crippen LogP contribution in [-0.2, 0) is 11.3 Å². The van der Waals surface area contributed by atoms with Crippen LogP contribution in [0.5, 0.6) is 0 Å². The van der Waals surface area contributed by atoms with E-state index < -0.39 is 4.92 Å². The monoisotopic (exact) mass is 291 g/mol. The van der Waals surface area contributed by atoms with Crippen molar-refractivity contribution in [3.05, 3.63) is 39.9 Å². The molecule has 2 atom stereocenters. The van der Waals surface area contributed by atoms with E-state index in [9.17, 15) is 14.9 Å². The van der Waals surface area contributed by atoms with Crippen molar-refractivity contribution in [3.8, 4) is 0 Å². The van der Waals surface area contributed by atoms with Gasteiger partial charge in [-0.25, -0.2) is 0 Å². The minimum Gasteiger partial charge on any atom is -0.341 e. The molecule has 0 aliphatic heterocycles. The van der Waals surface area contributed by atoms with Crippen molar-refractivity contribution >= 4 is 11.6 Å². The summed E-state index contributed by atoms with van der Waals surface area (Å²) in [4.78, 5) is 24.5. The lowest BCUT2D eigenvalue weighted by atomic mass is 9.95. The maximum absolute atomic E-state index is 12.5. The van der Waals surface area contributed by atoms with Crippen LogP contribution >= 0.6 is 0 Å². The third kappa shape index (κ3) is 3.58. The number of carbonyl (C=O) groups excluding carboxylic acids is 1. The predicted octanol–water partition coefficient (Wildman–Crippen LogP) is 1.93. The average molecular weight is 291 g/mol. The molecule has 0 heterocycles. The van der Waals surface area contributed by atoms with Gasteiger partial charge in [0, 0.05) is 31.6 Å². The predicted molar refractivity (Wildman–Crippen MR) is 79.5 cm³/mol. The molecular formula is C15H21N3O3. The van der Waals surface area contributed by atoms with Crippen molar-refractivity contribution in [1.82, 2.24) is 4.90 Å². The highest BCUT2D eigenvalue weighted by Crippen LogP contribution is 2.32. The molecule has 1 saturated carbocycles. The van der Waals surface area contributed by atoms with Crippen molar-refractivity contribution in [3.63, 3.8) is 0 Å². The SMILES string of the molecule is CN(Cc1cccc([N+](=O)[O-])c1)C(=O)C1CCCC1CN. The molecule has 0 bridgehead atoms. The van der Waals surface area contributed by atoms with Gasteiger partial charge in [-0.1, -0.05) is 18.6 Å². The summed E-state index contributed by atoms with van der Waals surface area (Å²) in [6.45, 7) is 0.926. The van der Waals surface area contributed by atoms with Crippen LogP contribution in [0.1, 0.15) is 24.8 Å². The van der Waals surface area contributed by atoms with Gasteiger partial charge in [-0.2, -0.15) is 0 Å². The van der Waals surface area contributed by atoms with E-state index in [1.54, 1.807) is 24.1 Å². The lowest BCUT2D eigenvalue weighted by Crippen LogP contribution is -2.36. The van der Waals surface area contributed by atoms with E-state index >= 15 is 0 Å². The van der Waals surface area contributed by atoms with Crippen LogP contribution in [0.2, 0.25) is 0 Å². The molecule has 2 rings (SSSR count). The summed E-state index contributed by atoms with van der Waals surface area (Å²) in [5.41, 5.74) is 6.54. The molecule has 1 amide bonds. The first-order valence-corrected chi connectivity index (χ1v) is 7.21. The number of amides is 1. The molecule has 2 unspecified atom stereocenters. The molecule has 1 aromatic rings. The molecule has 1 fully saturated rings. The number of nitrogens with zero attached hydrogens (tertiary/aromatic N) is 2. The average Bonchev–Trinajstić information content (AvgIpc) is 2.95. The van der Waals surface area contributed by atoms with E-state index in [2.05, 4.69) is 0 Å². The molecule has 0 saturated heterocycles. The number of nitro groups is 1. The van der Waals surface area contributed by atoms with Gasteiger partial charge < -0.3 is 10.6 Å². The van der Waals surface area contributed by atoms with Gasteiger partial charge in [0.2, 0.25) is 5.91 Å². The number of carbonyl (C=O) groups is 1. The highest BCUT2D eigenvalue weighted by Gasteiger charge is 2.33. The number of hydrogen-bond donors (Lipinski definition) is 1. The van der Waals surface area contributed by atoms with Crippen molar-refractivity contribution < 1.29 is 9.72 Å². The van der Waals surface area contributed by atoms with Crippen LogP contribution in [0.15, 0.2) is 24.3 Å². The van der Waals surface area contributed by atoms with Crippen molar-refractivity contribution in [1.29, 1.82) is 0 Å². The number of nitro benzene ring substituents is 1. The van der Waals surface area contributed by atoms with E-state index in [-0.39, 0.29) is 23.4 Å². The molecule has 1 aliphatic rings. The van der Waals surface area contributed by atoms with Crippen LogP contribution in [-0.4, -0.2) is 29.3 Å². The Bertz CT molecular complexity index is 533. The Hall–Kier alpha value is -1.95. The summed E-state index contributed by atoms with van der Waals surface area (Å²) in [6, 6.07) is 6.40. The first-order valence-electron chi connectivity index (χ1n) is 7.21. The van der Waals surface area contributed by atoms with Crippen molar-refractivity contribution in [2.45, 2.75) is 25.8 Å². The lowest BCUT2D eigenvalue weighted by molar-refractivity contribution is -0.384. The maximum Gasteiger partial charge on any atom is 0.269 e. The first kappa shape index (κ1) is 15.4. The van der Waals surface area contributed by atoms with Gasteiger partial charge in [-0.15, -0.1) is 0 Å². The number of rotatable bonds is 5. The highest BCUT2D eigenvalue weighted by molar-refractivity contribution is 5.79. The quantitative estimate of drug-likeness (QED) is 0.663. The van der Waals surface area contributed by atoms with Gasteiger partial charge in [-0.3, -0.25) is 14.9 Å². The Morgan fingerprint density at radius 3 is 2.90 bits per heavy atom. The van der Waals surface area contributed by atoms with Gasteiger partial charge in [0.05, 0.1) is 4.92 Å². The normalized spacial score (nSPS) is 21.2. The summed E-state index contributed by atoms with van der Waals surface area (Å²) in [6.07, 6.45) is 2.94. The fourth-order valence-corrected chi connectivity index (χ4v) is 3.05. The summed E-state index contributed by atoms with van der Waals surface area (Å²) < 4.78 is 0. The number of nitrogens with two attached hydrogens (primary N) is 1. The summed E-state index contributed by atoms with van der Waals surface area (Å²) in [5, 5.41) is 10.8. The molecule has 2 N–H and O–H groups in total. The molecule has 0 radical (unpaired) electrons. The number of hydrogen-bond acceptors (Lipinski definition) is 4. The van der Waals surface area contributed by atoms with E-state index in [4.69, 9.17) is 5.73 Å². The Morgan fingerprint density at radius 2 is 2.24 bits per heavy atom. The van der Waals surface area contributed by atoms with Crippen LogP contribution in [0.3, 0.4) is 0 Å². The number of benzene rings is 1. The van der Waals surface area contributed by atoms with Crippen LogP contribution in [0, 0.1) is 22.0 Å². The second kappa shape index (κ2) is 6.67. The van der Waals surface area contributed by atoms with E-state index in [0.717, 1.165) is 24.8 Å². The Kier molecular flexibility index (Phi) is 4.90. The van der Waals surface area contributed by atoms with Gasteiger partial charge in [0.15, 0.2) is 0 Å². The van der Waals surface area contributed by atoms with E-state index in [0.29, 0.717) is 13.1 Å². The minimum absolute atomic E-state index is 0.00121. The van der Waals surface area contributed by atoms with Crippen molar-refractivity contribution in [2.24, 2.45) is 17.6 Å². The third-order valence-corrected chi connectivity index (χ3v) is 4.20. The van der Waals surface area contributed by atoms with E-state index in [1.807, 2.05) is 0 Å². The van der Waals surface area contributed by atoms with Crippen LogP contribution < -0.4 is 5.73 Å². The number of non-ortho nitro benzene ring substituents is 1. The largest absolute Gasteiger partial charge is 0.341 e.